The maximum Gasteiger partial charge on any atom is 0.0863 e. The highest BCUT2D eigenvalue weighted by molar-refractivity contribution is 6.31. The summed E-state index contributed by atoms with van der Waals surface area (Å²) in [7, 11) is 4.12. The molecule has 1 aromatic heterocycles. The average molecular weight is 271 g/mol. The normalized spacial score (nSPS) is 19.9. The minimum Gasteiger partial charge on any atom is -0.313 e. The van der Waals surface area contributed by atoms with Gasteiger partial charge in [-0.15, -0.1) is 0 Å². The molecule has 1 aromatic rings. The summed E-state index contributed by atoms with van der Waals surface area (Å²) >= 11 is 6.36. The number of nitrogens with one attached hydrogen (secondary N) is 1. The highest BCUT2D eigenvalue weighted by Crippen LogP contribution is 2.22. The van der Waals surface area contributed by atoms with Crippen LogP contribution in [0.2, 0.25) is 5.02 Å². The zero-order chi connectivity index (χ0) is 13.1. The van der Waals surface area contributed by atoms with Crippen LogP contribution < -0.4 is 5.32 Å². The first-order chi connectivity index (χ1) is 8.61. The molecular formula is C13H23ClN4. The maximum atomic E-state index is 6.36. The quantitative estimate of drug-likeness (QED) is 0.886. The van der Waals surface area contributed by atoms with Crippen LogP contribution in [0.3, 0.4) is 0 Å². The maximum absolute atomic E-state index is 6.36. The summed E-state index contributed by atoms with van der Waals surface area (Å²) in [5.41, 5.74) is 2.12. The predicted octanol–water partition coefficient (Wildman–Crippen LogP) is 1.82. The van der Waals surface area contributed by atoms with E-state index in [4.69, 9.17) is 11.6 Å². The van der Waals surface area contributed by atoms with E-state index in [9.17, 15) is 0 Å². The third-order valence-corrected chi connectivity index (χ3v) is 4.05. The Kier molecular flexibility index (Phi) is 4.65. The van der Waals surface area contributed by atoms with Crippen LogP contribution in [0.15, 0.2) is 0 Å². The summed E-state index contributed by atoms with van der Waals surface area (Å²) in [4.78, 5) is 2.32. The largest absolute Gasteiger partial charge is 0.313 e. The van der Waals surface area contributed by atoms with Gasteiger partial charge in [0.25, 0.3) is 0 Å². The molecule has 102 valence electrons. The van der Waals surface area contributed by atoms with Gasteiger partial charge in [-0.3, -0.25) is 9.58 Å². The minimum atomic E-state index is 0.632. The predicted molar refractivity (Wildman–Crippen MR) is 75.0 cm³/mol. The lowest BCUT2D eigenvalue weighted by Crippen LogP contribution is -2.35. The highest BCUT2D eigenvalue weighted by atomic mass is 35.5. The molecule has 1 fully saturated rings. The zero-order valence-corrected chi connectivity index (χ0v) is 12.3. The molecule has 0 aromatic carbocycles. The lowest BCUT2D eigenvalue weighted by atomic mass is 10.2. The molecule has 1 aliphatic rings. The van der Waals surface area contributed by atoms with E-state index in [1.54, 1.807) is 0 Å². The van der Waals surface area contributed by atoms with Gasteiger partial charge >= 0.3 is 0 Å². The molecule has 5 heteroatoms. The SMILES string of the molecule is CCc1nn(C)c(CN(C)CC2CCCN2)c1Cl. The molecule has 2 heterocycles. The van der Waals surface area contributed by atoms with Crippen LogP contribution in [0.25, 0.3) is 0 Å². The van der Waals surface area contributed by atoms with Crippen LogP contribution in [0.1, 0.15) is 31.2 Å². The Morgan fingerprint density at radius 3 is 2.89 bits per heavy atom. The van der Waals surface area contributed by atoms with Crippen LogP contribution in [-0.2, 0) is 20.0 Å². The Morgan fingerprint density at radius 1 is 1.56 bits per heavy atom. The summed E-state index contributed by atoms with van der Waals surface area (Å²) in [6, 6.07) is 0.632. The molecule has 1 atom stereocenters. The number of hydrogen-bond donors (Lipinski definition) is 1. The van der Waals surface area contributed by atoms with Gasteiger partial charge in [0, 0.05) is 26.2 Å². The second-order valence-electron chi connectivity index (χ2n) is 5.17. The van der Waals surface area contributed by atoms with Gasteiger partial charge in [0.05, 0.1) is 16.4 Å². The summed E-state index contributed by atoms with van der Waals surface area (Å²) < 4.78 is 1.92. The van der Waals surface area contributed by atoms with Crippen molar-refractivity contribution in [2.24, 2.45) is 7.05 Å². The monoisotopic (exact) mass is 270 g/mol. The van der Waals surface area contributed by atoms with E-state index < -0.39 is 0 Å². The van der Waals surface area contributed by atoms with E-state index in [0.29, 0.717) is 6.04 Å². The van der Waals surface area contributed by atoms with Gasteiger partial charge in [-0.05, 0) is 32.9 Å². The van der Waals surface area contributed by atoms with Crippen molar-refractivity contribution in [2.45, 2.75) is 38.8 Å². The topological polar surface area (TPSA) is 33.1 Å². The van der Waals surface area contributed by atoms with E-state index in [-0.39, 0.29) is 0 Å². The molecule has 0 saturated carbocycles. The van der Waals surface area contributed by atoms with Gasteiger partial charge in [0.1, 0.15) is 0 Å². The average Bonchev–Trinajstić information content (AvgIpc) is 2.92. The van der Waals surface area contributed by atoms with Gasteiger partial charge in [-0.2, -0.15) is 5.10 Å². The first-order valence-electron chi connectivity index (χ1n) is 6.74. The van der Waals surface area contributed by atoms with Crippen molar-refractivity contribution in [2.75, 3.05) is 20.1 Å². The molecular weight excluding hydrogens is 248 g/mol. The first-order valence-corrected chi connectivity index (χ1v) is 7.11. The van der Waals surface area contributed by atoms with E-state index >= 15 is 0 Å². The first kappa shape index (κ1) is 13.8. The summed E-state index contributed by atoms with van der Waals surface area (Å²) in [5.74, 6) is 0. The Balaban J connectivity index is 1.97. The van der Waals surface area contributed by atoms with Crippen molar-refractivity contribution in [3.63, 3.8) is 0 Å². The lowest BCUT2D eigenvalue weighted by Gasteiger charge is -2.21. The van der Waals surface area contributed by atoms with Gasteiger partial charge in [0.2, 0.25) is 0 Å². The van der Waals surface area contributed by atoms with E-state index in [2.05, 4.69) is 29.3 Å². The van der Waals surface area contributed by atoms with Crippen molar-refractivity contribution in [3.05, 3.63) is 16.4 Å². The smallest absolute Gasteiger partial charge is 0.0863 e. The third kappa shape index (κ3) is 3.05. The molecule has 0 spiro atoms. The molecule has 0 aliphatic carbocycles. The molecule has 18 heavy (non-hydrogen) atoms. The number of hydrogen-bond acceptors (Lipinski definition) is 3. The van der Waals surface area contributed by atoms with Crippen LogP contribution in [0.5, 0.6) is 0 Å². The van der Waals surface area contributed by atoms with Crippen molar-refractivity contribution in [3.8, 4) is 0 Å². The summed E-state index contributed by atoms with van der Waals surface area (Å²) in [5, 5.41) is 8.82. The van der Waals surface area contributed by atoms with Crippen molar-refractivity contribution < 1.29 is 0 Å². The second-order valence-corrected chi connectivity index (χ2v) is 5.55. The number of likely N-dealkylation sites (N-methyl/N-ethyl adjacent to an activating group) is 1. The van der Waals surface area contributed by atoms with Gasteiger partial charge in [0.15, 0.2) is 0 Å². The fraction of sp³-hybridized carbons (Fsp3) is 0.769. The Hall–Kier alpha value is -0.580. The van der Waals surface area contributed by atoms with E-state index in [0.717, 1.165) is 42.5 Å². The molecule has 2 rings (SSSR count). The van der Waals surface area contributed by atoms with Gasteiger partial charge in [-0.25, -0.2) is 0 Å². The number of halogens is 1. The van der Waals surface area contributed by atoms with Crippen LogP contribution >= 0.6 is 11.6 Å². The van der Waals surface area contributed by atoms with Crippen molar-refractivity contribution >= 4 is 11.6 Å². The van der Waals surface area contributed by atoms with Crippen LogP contribution in [0.4, 0.5) is 0 Å². The van der Waals surface area contributed by atoms with Crippen LogP contribution in [-0.4, -0.2) is 40.9 Å². The van der Waals surface area contributed by atoms with Crippen molar-refractivity contribution in [1.29, 1.82) is 0 Å². The fourth-order valence-electron chi connectivity index (χ4n) is 2.60. The summed E-state index contributed by atoms with van der Waals surface area (Å²) in [6.07, 6.45) is 3.47. The van der Waals surface area contributed by atoms with Gasteiger partial charge < -0.3 is 5.32 Å². The minimum absolute atomic E-state index is 0.632. The Morgan fingerprint density at radius 2 is 2.33 bits per heavy atom. The number of nitrogens with zero attached hydrogens (tertiary/aromatic N) is 3. The number of aryl methyl sites for hydroxylation is 2. The fourth-order valence-corrected chi connectivity index (χ4v) is 2.95. The molecule has 1 aliphatic heterocycles. The molecule has 0 radical (unpaired) electrons. The standard InChI is InChI=1S/C13H23ClN4/c1-4-11-13(14)12(18(3)16-11)9-17(2)8-10-6-5-7-15-10/h10,15H,4-9H2,1-3H3. The second kappa shape index (κ2) is 6.04. The Bertz CT molecular complexity index is 396. The number of rotatable bonds is 5. The van der Waals surface area contributed by atoms with E-state index in [1.165, 1.54) is 12.8 Å². The lowest BCUT2D eigenvalue weighted by molar-refractivity contribution is 0.286. The molecule has 1 unspecified atom stereocenters. The highest BCUT2D eigenvalue weighted by Gasteiger charge is 2.19. The molecule has 0 amide bonds. The Labute approximate surface area is 114 Å². The summed E-state index contributed by atoms with van der Waals surface area (Å²) in [6.45, 7) is 5.18. The molecule has 4 nitrogen and oxygen atoms in total. The molecule has 1 saturated heterocycles. The third-order valence-electron chi connectivity index (χ3n) is 3.62. The van der Waals surface area contributed by atoms with Gasteiger partial charge in [-0.1, -0.05) is 18.5 Å². The van der Waals surface area contributed by atoms with Crippen LogP contribution in [0, 0.1) is 0 Å². The van der Waals surface area contributed by atoms with E-state index in [1.807, 2.05) is 11.7 Å². The zero-order valence-electron chi connectivity index (χ0n) is 11.5. The molecule has 1 N–H and O–H groups in total. The van der Waals surface area contributed by atoms with Crippen molar-refractivity contribution in [1.82, 2.24) is 20.0 Å². The molecule has 0 bridgehead atoms. The number of aromatic nitrogens is 2.